The number of carbonyl (C=O) groups is 2. The van der Waals surface area contributed by atoms with Gasteiger partial charge in [-0.1, -0.05) is 36.4 Å². The number of amidine groups is 1. The summed E-state index contributed by atoms with van der Waals surface area (Å²) < 4.78 is 5.47. The molecule has 0 spiro atoms. The van der Waals surface area contributed by atoms with E-state index in [-0.39, 0.29) is 31.3 Å². The monoisotopic (exact) mass is 323 g/mol. The number of carbonyl (C=O) groups excluding carboxylic acids is 2. The second-order valence-corrected chi connectivity index (χ2v) is 5.22. The first-order chi connectivity index (χ1) is 11.7. The summed E-state index contributed by atoms with van der Waals surface area (Å²) in [6.07, 6.45) is 0.271. The fourth-order valence-corrected chi connectivity index (χ4v) is 2.27. The van der Waals surface area contributed by atoms with E-state index in [0.29, 0.717) is 17.3 Å². The number of nitrogens with one attached hydrogen (secondary N) is 1. The van der Waals surface area contributed by atoms with Crippen LogP contribution in [-0.4, -0.2) is 24.3 Å². The Bertz CT molecular complexity index is 745. The first-order valence-electron chi connectivity index (χ1n) is 7.65. The minimum Gasteiger partial charge on any atom is -0.493 e. The maximum absolute atomic E-state index is 12.0. The third-order valence-electron chi connectivity index (χ3n) is 3.40. The normalized spacial score (nSPS) is 13.6. The molecule has 2 amide bonds. The topological polar surface area (TPSA) is 71.0 Å². The van der Waals surface area contributed by atoms with E-state index in [1.807, 2.05) is 48.5 Å². The number of rotatable bonds is 5. The van der Waals surface area contributed by atoms with Gasteiger partial charge < -0.3 is 10.1 Å². The molecular formula is C18H17N3O3. The molecule has 3 rings (SSSR count). The van der Waals surface area contributed by atoms with Crippen molar-refractivity contribution in [3.8, 4) is 5.75 Å². The minimum atomic E-state index is -0.229. The quantitative estimate of drug-likeness (QED) is 0.918. The van der Waals surface area contributed by atoms with Crippen molar-refractivity contribution in [3.05, 3.63) is 60.7 Å². The molecule has 0 saturated heterocycles. The average Bonchev–Trinajstić information content (AvgIpc) is 2.97. The predicted molar refractivity (Wildman–Crippen MR) is 90.7 cm³/mol. The molecule has 0 aliphatic carbocycles. The Hall–Kier alpha value is -3.15. The van der Waals surface area contributed by atoms with Crippen LogP contribution in [0.15, 0.2) is 65.8 Å². The fraction of sp³-hybridized carbons (Fsp3) is 0.167. The lowest BCUT2D eigenvalue weighted by Gasteiger charge is -2.10. The smallest absolute Gasteiger partial charge is 0.255 e. The molecule has 0 atom stereocenters. The molecule has 2 aromatic carbocycles. The summed E-state index contributed by atoms with van der Waals surface area (Å²) in [6.45, 7) is 0.263. The Kier molecular flexibility index (Phi) is 4.86. The van der Waals surface area contributed by atoms with Gasteiger partial charge in [-0.3, -0.25) is 9.59 Å². The van der Waals surface area contributed by atoms with Crippen LogP contribution in [0.1, 0.15) is 12.8 Å². The number of hydrogen-bond donors (Lipinski definition) is 1. The van der Waals surface area contributed by atoms with Gasteiger partial charge in [-0.05, 0) is 24.3 Å². The molecule has 2 aromatic rings. The number of ether oxygens (including phenoxy) is 1. The van der Waals surface area contributed by atoms with E-state index in [4.69, 9.17) is 4.74 Å². The van der Waals surface area contributed by atoms with Gasteiger partial charge in [0.25, 0.3) is 5.91 Å². The van der Waals surface area contributed by atoms with E-state index < -0.39 is 0 Å². The van der Waals surface area contributed by atoms with Gasteiger partial charge in [0.1, 0.15) is 11.6 Å². The Balaban J connectivity index is 1.50. The lowest BCUT2D eigenvalue weighted by atomic mass is 10.3. The van der Waals surface area contributed by atoms with Crippen LogP contribution >= 0.6 is 0 Å². The summed E-state index contributed by atoms with van der Waals surface area (Å²) in [6, 6.07) is 18.4. The SMILES string of the molecule is O=C(CCOc1ccccc1)NC1=NN(c2ccccc2)C(=O)C1. The van der Waals surface area contributed by atoms with Crippen molar-refractivity contribution >= 4 is 23.3 Å². The molecule has 1 N–H and O–H groups in total. The molecule has 122 valence electrons. The molecule has 0 radical (unpaired) electrons. The van der Waals surface area contributed by atoms with Crippen LogP contribution in [-0.2, 0) is 9.59 Å². The third-order valence-corrected chi connectivity index (χ3v) is 3.40. The number of hydrazone groups is 1. The van der Waals surface area contributed by atoms with Gasteiger partial charge in [0.15, 0.2) is 0 Å². The standard InChI is InChI=1S/C18H17N3O3/c22-17(11-12-24-15-9-5-2-6-10-15)19-16-13-18(23)21(20-16)14-7-3-1-4-8-14/h1-10H,11-13H2,(H,19,20,22). The van der Waals surface area contributed by atoms with Gasteiger partial charge in [0, 0.05) is 0 Å². The summed E-state index contributed by atoms with van der Waals surface area (Å²) in [4.78, 5) is 23.9. The molecule has 24 heavy (non-hydrogen) atoms. The summed E-state index contributed by atoms with van der Waals surface area (Å²) in [5, 5.41) is 8.14. The second-order valence-electron chi connectivity index (χ2n) is 5.22. The second kappa shape index (κ2) is 7.41. The Morgan fingerprint density at radius 3 is 2.46 bits per heavy atom. The molecule has 0 aromatic heterocycles. The van der Waals surface area contributed by atoms with Crippen LogP contribution in [0, 0.1) is 0 Å². The van der Waals surface area contributed by atoms with E-state index in [9.17, 15) is 9.59 Å². The average molecular weight is 323 g/mol. The number of hydrogen-bond acceptors (Lipinski definition) is 4. The van der Waals surface area contributed by atoms with Gasteiger partial charge in [-0.25, -0.2) is 0 Å². The van der Waals surface area contributed by atoms with E-state index >= 15 is 0 Å². The molecular weight excluding hydrogens is 306 g/mol. The van der Waals surface area contributed by atoms with Gasteiger partial charge >= 0.3 is 0 Å². The highest BCUT2D eigenvalue weighted by atomic mass is 16.5. The van der Waals surface area contributed by atoms with E-state index in [1.165, 1.54) is 5.01 Å². The van der Waals surface area contributed by atoms with Crippen LogP contribution in [0.2, 0.25) is 0 Å². The molecule has 1 aliphatic rings. The maximum Gasteiger partial charge on any atom is 0.255 e. The molecule has 6 nitrogen and oxygen atoms in total. The highest BCUT2D eigenvalue weighted by Gasteiger charge is 2.26. The summed E-state index contributed by atoms with van der Waals surface area (Å²) >= 11 is 0. The molecule has 0 fully saturated rings. The van der Waals surface area contributed by atoms with E-state index in [0.717, 1.165) is 0 Å². The van der Waals surface area contributed by atoms with Crippen molar-refractivity contribution in [1.29, 1.82) is 0 Å². The zero-order valence-corrected chi connectivity index (χ0v) is 13.0. The molecule has 0 unspecified atom stereocenters. The first kappa shape index (κ1) is 15.7. The maximum atomic E-state index is 12.0. The highest BCUT2D eigenvalue weighted by Crippen LogP contribution is 2.19. The Labute approximate surface area is 139 Å². The first-order valence-corrected chi connectivity index (χ1v) is 7.65. The van der Waals surface area contributed by atoms with Crippen molar-refractivity contribution in [2.45, 2.75) is 12.8 Å². The predicted octanol–water partition coefficient (Wildman–Crippen LogP) is 2.32. The van der Waals surface area contributed by atoms with Crippen molar-refractivity contribution < 1.29 is 14.3 Å². The summed E-state index contributed by atoms with van der Waals surface area (Å²) in [5.41, 5.74) is 0.680. The van der Waals surface area contributed by atoms with Crippen molar-refractivity contribution in [2.24, 2.45) is 5.10 Å². The largest absolute Gasteiger partial charge is 0.493 e. The van der Waals surface area contributed by atoms with E-state index in [2.05, 4.69) is 10.4 Å². The molecule has 1 aliphatic heterocycles. The lowest BCUT2D eigenvalue weighted by Crippen LogP contribution is -2.30. The third kappa shape index (κ3) is 3.98. The fourth-order valence-electron chi connectivity index (χ4n) is 2.27. The zero-order chi connectivity index (χ0) is 16.8. The van der Waals surface area contributed by atoms with Crippen molar-refractivity contribution in [2.75, 3.05) is 11.6 Å². The number of benzene rings is 2. The molecule has 1 heterocycles. The minimum absolute atomic E-state index is 0.0835. The van der Waals surface area contributed by atoms with Crippen LogP contribution in [0.5, 0.6) is 5.75 Å². The Morgan fingerprint density at radius 1 is 1.08 bits per heavy atom. The van der Waals surface area contributed by atoms with Gasteiger partial charge in [-0.2, -0.15) is 10.1 Å². The highest BCUT2D eigenvalue weighted by molar-refractivity contribution is 6.15. The van der Waals surface area contributed by atoms with Gasteiger partial charge in [0.2, 0.25) is 5.91 Å². The molecule has 0 saturated carbocycles. The number of amides is 2. The number of anilines is 1. The van der Waals surface area contributed by atoms with Gasteiger partial charge in [-0.15, -0.1) is 0 Å². The van der Waals surface area contributed by atoms with Crippen LogP contribution in [0.3, 0.4) is 0 Å². The molecule has 0 bridgehead atoms. The summed E-state index contributed by atoms with van der Waals surface area (Å²) in [7, 11) is 0. The number of para-hydroxylation sites is 2. The van der Waals surface area contributed by atoms with Crippen LogP contribution < -0.4 is 15.1 Å². The zero-order valence-electron chi connectivity index (χ0n) is 13.0. The number of nitrogens with zero attached hydrogens (tertiary/aromatic N) is 2. The van der Waals surface area contributed by atoms with Crippen LogP contribution in [0.25, 0.3) is 0 Å². The van der Waals surface area contributed by atoms with Crippen molar-refractivity contribution in [1.82, 2.24) is 5.32 Å². The summed E-state index contributed by atoms with van der Waals surface area (Å²) in [5.74, 6) is 0.673. The molecule has 6 heteroatoms. The Morgan fingerprint density at radius 2 is 1.75 bits per heavy atom. The van der Waals surface area contributed by atoms with Crippen molar-refractivity contribution in [3.63, 3.8) is 0 Å². The lowest BCUT2D eigenvalue weighted by molar-refractivity contribution is -0.120. The van der Waals surface area contributed by atoms with E-state index in [1.54, 1.807) is 12.1 Å². The van der Waals surface area contributed by atoms with Crippen LogP contribution in [0.4, 0.5) is 5.69 Å². The van der Waals surface area contributed by atoms with Gasteiger partial charge in [0.05, 0.1) is 25.1 Å².